The standard InChI is InChI=1S/C19H18O6/c1-10(19(22)23)13-7-5-12(6-8-13)9-14-11(2)15(20)17(24-3)18(25-4)16(14)21/h5-8H,1,9H2,2-4H3,(H,22,23). The molecule has 0 fully saturated rings. The molecule has 1 aliphatic rings. The molecule has 0 bridgehead atoms. The van der Waals surface area contributed by atoms with Crippen LogP contribution in [-0.2, 0) is 30.3 Å². The van der Waals surface area contributed by atoms with E-state index in [4.69, 9.17) is 14.6 Å². The number of hydrogen-bond donors (Lipinski definition) is 1. The van der Waals surface area contributed by atoms with Gasteiger partial charge in [-0.25, -0.2) is 4.79 Å². The van der Waals surface area contributed by atoms with Crippen LogP contribution in [0.2, 0.25) is 0 Å². The second-order valence-corrected chi connectivity index (χ2v) is 5.49. The average molecular weight is 342 g/mol. The number of ether oxygens (including phenoxy) is 2. The quantitative estimate of drug-likeness (QED) is 0.630. The predicted molar refractivity (Wildman–Crippen MR) is 90.6 cm³/mol. The Bertz CT molecular complexity index is 824. The van der Waals surface area contributed by atoms with Gasteiger partial charge in [0.1, 0.15) is 0 Å². The zero-order chi connectivity index (χ0) is 18.7. The van der Waals surface area contributed by atoms with Gasteiger partial charge in [0.25, 0.3) is 0 Å². The first-order chi connectivity index (χ1) is 11.8. The Morgan fingerprint density at radius 3 is 2.04 bits per heavy atom. The molecule has 2 rings (SSSR count). The lowest BCUT2D eigenvalue weighted by Crippen LogP contribution is -2.26. The summed E-state index contributed by atoms with van der Waals surface area (Å²) in [6.07, 6.45) is 0.222. The highest BCUT2D eigenvalue weighted by Crippen LogP contribution is 2.28. The Hall–Kier alpha value is -3.15. The van der Waals surface area contributed by atoms with E-state index in [9.17, 15) is 14.4 Å². The van der Waals surface area contributed by atoms with Crippen LogP contribution in [0.25, 0.3) is 5.57 Å². The molecule has 0 saturated carbocycles. The van der Waals surface area contributed by atoms with Gasteiger partial charge in [0.05, 0.1) is 19.8 Å². The lowest BCUT2D eigenvalue weighted by atomic mass is 9.88. The van der Waals surface area contributed by atoms with Crippen LogP contribution in [0.4, 0.5) is 0 Å². The first kappa shape index (κ1) is 18.2. The van der Waals surface area contributed by atoms with Crippen LogP contribution in [0.5, 0.6) is 0 Å². The highest BCUT2D eigenvalue weighted by atomic mass is 16.5. The van der Waals surface area contributed by atoms with Gasteiger partial charge in [-0.2, -0.15) is 0 Å². The number of carbonyl (C=O) groups excluding carboxylic acids is 2. The number of carboxylic acids is 1. The van der Waals surface area contributed by atoms with E-state index in [-0.39, 0.29) is 29.3 Å². The third-order valence-corrected chi connectivity index (χ3v) is 4.04. The van der Waals surface area contributed by atoms with Crippen LogP contribution in [0, 0.1) is 0 Å². The molecule has 0 amide bonds. The second kappa shape index (κ2) is 7.17. The minimum Gasteiger partial charge on any atom is -0.489 e. The fraction of sp³-hybridized carbons (Fsp3) is 0.211. The number of ketones is 2. The number of methoxy groups -OCH3 is 2. The molecule has 0 aromatic heterocycles. The molecule has 6 nitrogen and oxygen atoms in total. The molecule has 1 N–H and O–H groups in total. The SMILES string of the molecule is C=C(C(=O)O)c1ccc(CC2=C(C)C(=O)C(OC)=C(OC)C2=O)cc1. The van der Waals surface area contributed by atoms with Gasteiger partial charge in [-0.3, -0.25) is 9.59 Å². The van der Waals surface area contributed by atoms with E-state index in [0.29, 0.717) is 16.7 Å². The first-order valence-corrected chi connectivity index (χ1v) is 7.44. The van der Waals surface area contributed by atoms with Gasteiger partial charge in [-0.1, -0.05) is 30.8 Å². The van der Waals surface area contributed by atoms with Crippen molar-refractivity contribution in [3.05, 3.63) is 64.6 Å². The summed E-state index contributed by atoms with van der Waals surface area (Å²) >= 11 is 0. The molecule has 0 spiro atoms. The number of Topliss-reactive ketones (excluding diaryl/α,β-unsaturated/α-hetero) is 2. The number of hydrogen-bond acceptors (Lipinski definition) is 5. The minimum absolute atomic E-state index is 0.0137. The number of carboxylic acid groups (broad SMARTS) is 1. The van der Waals surface area contributed by atoms with Crippen molar-refractivity contribution >= 4 is 23.1 Å². The zero-order valence-electron chi connectivity index (χ0n) is 14.2. The molecular formula is C19H18O6. The molecule has 0 saturated heterocycles. The third kappa shape index (κ3) is 3.38. The van der Waals surface area contributed by atoms with Crippen LogP contribution >= 0.6 is 0 Å². The van der Waals surface area contributed by atoms with Gasteiger partial charge >= 0.3 is 5.97 Å². The Labute approximate surface area is 145 Å². The van der Waals surface area contributed by atoms with Crippen LogP contribution in [0.3, 0.4) is 0 Å². The van der Waals surface area contributed by atoms with Crippen molar-refractivity contribution in [2.24, 2.45) is 0 Å². The minimum atomic E-state index is -1.10. The summed E-state index contributed by atoms with van der Waals surface area (Å²) in [6.45, 7) is 5.07. The van der Waals surface area contributed by atoms with E-state index >= 15 is 0 Å². The van der Waals surface area contributed by atoms with Crippen molar-refractivity contribution in [2.75, 3.05) is 14.2 Å². The van der Waals surface area contributed by atoms with Gasteiger partial charge < -0.3 is 14.6 Å². The lowest BCUT2D eigenvalue weighted by Gasteiger charge is -2.20. The summed E-state index contributed by atoms with van der Waals surface area (Å²) in [5.74, 6) is -2.08. The Kier molecular flexibility index (Phi) is 5.22. The molecule has 1 aromatic carbocycles. The summed E-state index contributed by atoms with van der Waals surface area (Å²) in [7, 11) is 2.62. The molecule has 0 heterocycles. The lowest BCUT2D eigenvalue weighted by molar-refractivity contribution is -0.130. The van der Waals surface area contributed by atoms with Crippen molar-refractivity contribution in [1.82, 2.24) is 0 Å². The van der Waals surface area contributed by atoms with Gasteiger partial charge in [-0.05, 0) is 18.1 Å². The highest BCUT2D eigenvalue weighted by molar-refractivity contribution is 6.23. The molecule has 0 radical (unpaired) electrons. The zero-order valence-corrected chi connectivity index (χ0v) is 14.2. The molecule has 6 heteroatoms. The summed E-state index contributed by atoms with van der Waals surface area (Å²) < 4.78 is 10.0. The fourth-order valence-corrected chi connectivity index (χ4v) is 2.56. The summed E-state index contributed by atoms with van der Waals surface area (Å²) in [5, 5.41) is 8.95. The Balaban J connectivity index is 2.32. The molecule has 1 aromatic rings. The van der Waals surface area contributed by atoms with Gasteiger partial charge in [-0.15, -0.1) is 0 Å². The van der Waals surface area contributed by atoms with Crippen molar-refractivity contribution in [2.45, 2.75) is 13.3 Å². The van der Waals surface area contributed by atoms with Crippen LogP contribution in [0.1, 0.15) is 18.1 Å². The third-order valence-electron chi connectivity index (χ3n) is 4.04. The van der Waals surface area contributed by atoms with E-state index in [1.807, 2.05) is 0 Å². The molecule has 0 unspecified atom stereocenters. The largest absolute Gasteiger partial charge is 0.489 e. The van der Waals surface area contributed by atoms with E-state index in [0.717, 1.165) is 5.56 Å². The Morgan fingerprint density at radius 1 is 1.04 bits per heavy atom. The maximum absolute atomic E-state index is 12.6. The van der Waals surface area contributed by atoms with Crippen molar-refractivity contribution in [3.63, 3.8) is 0 Å². The number of carbonyl (C=O) groups is 3. The number of benzene rings is 1. The molecule has 0 aliphatic heterocycles. The fourth-order valence-electron chi connectivity index (χ4n) is 2.56. The summed E-state index contributed by atoms with van der Waals surface area (Å²) in [4.78, 5) is 35.9. The number of allylic oxidation sites excluding steroid dienone is 2. The number of rotatable bonds is 6. The maximum Gasteiger partial charge on any atom is 0.335 e. The number of aliphatic carboxylic acids is 1. The van der Waals surface area contributed by atoms with E-state index in [1.165, 1.54) is 14.2 Å². The summed E-state index contributed by atoms with van der Waals surface area (Å²) in [5.41, 5.74) is 1.86. The first-order valence-electron chi connectivity index (χ1n) is 7.44. The molecule has 130 valence electrons. The molecular weight excluding hydrogens is 324 g/mol. The van der Waals surface area contributed by atoms with Crippen molar-refractivity contribution in [3.8, 4) is 0 Å². The van der Waals surface area contributed by atoms with Crippen molar-refractivity contribution < 1.29 is 29.0 Å². The molecule has 0 atom stereocenters. The van der Waals surface area contributed by atoms with Crippen LogP contribution < -0.4 is 0 Å². The smallest absolute Gasteiger partial charge is 0.335 e. The molecule has 1 aliphatic carbocycles. The van der Waals surface area contributed by atoms with Crippen LogP contribution in [-0.4, -0.2) is 36.9 Å². The monoisotopic (exact) mass is 342 g/mol. The van der Waals surface area contributed by atoms with Gasteiger partial charge in [0, 0.05) is 17.6 Å². The molecule has 25 heavy (non-hydrogen) atoms. The van der Waals surface area contributed by atoms with Gasteiger partial charge in [0.2, 0.25) is 23.1 Å². The predicted octanol–water partition coefficient (Wildman–Crippen LogP) is 2.30. The van der Waals surface area contributed by atoms with Crippen LogP contribution in [0.15, 0.2) is 53.5 Å². The van der Waals surface area contributed by atoms with E-state index in [2.05, 4.69) is 6.58 Å². The topological polar surface area (TPSA) is 89.9 Å². The normalized spacial score (nSPS) is 14.7. The Morgan fingerprint density at radius 2 is 1.56 bits per heavy atom. The maximum atomic E-state index is 12.6. The van der Waals surface area contributed by atoms with Crippen molar-refractivity contribution in [1.29, 1.82) is 0 Å². The van der Waals surface area contributed by atoms with E-state index < -0.39 is 11.8 Å². The summed E-state index contributed by atoms with van der Waals surface area (Å²) in [6, 6.07) is 6.63. The van der Waals surface area contributed by atoms with Gasteiger partial charge in [0.15, 0.2) is 0 Å². The highest BCUT2D eigenvalue weighted by Gasteiger charge is 2.34. The second-order valence-electron chi connectivity index (χ2n) is 5.49. The average Bonchev–Trinajstić information content (AvgIpc) is 2.61. The van der Waals surface area contributed by atoms with E-state index in [1.54, 1.807) is 31.2 Å².